The highest BCUT2D eigenvalue weighted by atomic mass is 32.2. The third-order valence-corrected chi connectivity index (χ3v) is 2.23. The normalized spacial score (nSPS) is 10.5. The third kappa shape index (κ3) is 4.00. The molecule has 0 fully saturated rings. The summed E-state index contributed by atoms with van der Waals surface area (Å²) < 4.78 is 8.72. The predicted molar refractivity (Wildman–Crippen MR) is 66.4 cm³/mol. The first kappa shape index (κ1) is 12.2. The van der Waals surface area contributed by atoms with Crippen molar-refractivity contribution in [2.45, 2.75) is 20.8 Å². The molecule has 0 saturated heterocycles. The average Bonchev–Trinajstić information content (AvgIpc) is 2.17. The Hall–Kier alpha value is -0.900. The fourth-order valence-electron chi connectivity index (χ4n) is 1.12. The molecule has 1 aromatic heterocycles. The molecular weight excluding hydrogens is 208 g/mol. The molecule has 1 rings (SSSR count). The zero-order valence-corrected chi connectivity index (χ0v) is 10.5. The Morgan fingerprint density at radius 3 is 2.73 bits per heavy atom. The van der Waals surface area contributed by atoms with Gasteiger partial charge in [-0.2, -0.15) is 0 Å². The molecule has 0 unspecified atom stereocenters. The van der Waals surface area contributed by atoms with E-state index in [-0.39, 0.29) is 0 Å². The van der Waals surface area contributed by atoms with Crippen LogP contribution in [0.2, 0.25) is 0 Å². The molecule has 0 aliphatic rings. The van der Waals surface area contributed by atoms with E-state index in [2.05, 4.69) is 23.6 Å². The molecule has 1 N–H and O–H groups in total. The van der Waals surface area contributed by atoms with Crippen LogP contribution >= 0.6 is 11.9 Å². The Morgan fingerprint density at radius 1 is 1.47 bits per heavy atom. The molecule has 0 atom stereocenters. The lowest BCUT2D eigenvalue weighted by Gasteiger charge is -2.11. The van der Waals surface area contributed by atoms with Crippen LogP contribution in [-0.2, 0) is 0 Å². The minimum Gasteiger partial charge on any atom is -0.491 e. The van der Waals surface area contributed by atoms with Crippen molar-refractivity contribution < 1.29 is 4.74 Å². The van der Waals surface area contributed by atoms with E-state index < -0.39 is 0 Å². The van der Waals surface area contributed by atoms with Gasteiger partial charge < -0.3 is 9.46 Å². The molecule has 15 heavy (non-hydrogen) atoms. The van der Waals surface area contributed by atoms with Crippen LogP contribution < -0.4 is 9.46 Å². The van der Waals surface area contributed by atoms with Crippen molar-refractivity contribution in [3.8, 4) is 5.75 Å². The smallest absolute Gasteiger partial charge is 0.140 e. The molecule has 84 valence electrons. The van der Waals surface area contributed by atoms with E-state index in [1.54, 1.807) is 0 Å². The predicted octanol–water partition coefficient (Wildman–Crippen LogP) is 3.11. The number of pyridine rings is 1. The SMILES string of the molecule is CSNc1ccc(OCC(C)C)c(C)n1. The lowest BCUT2D eigenvalue weighted by molar-refractivity contribution is 0.268. The number of hydrogen-bond donors (Lipinski definition) is 1. The Kier molecular flexibility index (Phi) is 4.75. The zero-order chi connectivity index (χ0) is 11.3. The van der Waals surface area contributed by atoms with Crippen LogP contribution in [0.15, 0.2) is 12.1 Å². The van der Waals surface area contributed by atoms with Crippen molar-refractivity contribution in [1.82, 2.24) is 4.98 Å². The number of aromatic nitrogens is 1. The lowest BCUT2D eigenvalue weighted by atomic mass is 10.2. The average molecular weight is 226 g/mol. The fourth-order valence-corrected chi connectivity index (χ4v) is 1.44. The zero-order valence-electron chi connectivity index (χ0n) is 9.70. The summed E-state index contributed by atoms with van der Waals surface area (Å²) in [6, 6.07) is 3.89. The molecule has 0 spiro atoms. The maximum Gasteiger partial charge on any atom is 0.140 e. The monoisotopic (exact) mass is 226 g/mol. The number of ether oxygens (including phenoxy) is 1. The highest BCUT2D eigenvalue weighted by molar-refractivity contribution is 7.99. The van der Waals surface area contributed by atoms with Gasteiger partial charge >= 0.3 is 0 Å². The van der Waals surface area contributed by atoms with Crippen molar-refractivity contribution in [1.29, 1.82) is 0 Å². The Bertz CT molecular complexity index is 315. The topological polar surface area (TPSA) is 34.1 Å². The van der Waals surface area contributed by atoms with Gasteiger partial charge in [-0.15, -0.1) is 0 Å². The maximum absolute atomic E-state index is 5.63. The number of nitrogens with zero attached hydrogens (tertiary/aromatic N) is 1. The van der Waals surface area contributed by atoms with E-state index in [4.69, 9.17) is 4.74 Å². The second-order valence-corrected chi connectivity index (χ2v) is 4.40. The van der Waals surface area contributed by atoms with Gasteiger partial charge in [0.1, 0.15) is 11.6 Å². The van der Waals surface area contributed by atoms with Crippen molar-refractivity contribution in [3.05, 3.63) is 17.8 Å². The lowest BCUT2D eigenvalue weighted by Crippen LogP contribution is -2.06. The summed E-state index contributed by atoms with van der Waals surface area (Å²) in [7, 11) is 0. The van der Waals surface area contributed by atoms with E-state index >= 15 is 0 Å². The second-order valence-electron chi connectivity index (χ2n) is 3.79. The standard InChI is InChI=1S/C11H18N2OS/c1-8(2)7-14-10-5-6-11(13-15-4)12-9(10)3/h5-6,8H,7H2,1-4H3,(H,12,13). The van der Waals surface area contributed by atoms with E-state index in [1.165, 1.54) is 11.9 Å². The number of aryl methyl sites for hydroxylation is 1. The molecule has 0 aromatic carbocycles. The van der Waals surface area contributed by atoms with E-state index in [0.29, 0.717) is 5.92 Å². The summed E-state index contributed by atoms with van der Waals surface area (Å²) in [5, 5.41) is 0. The van der Waals surface area contributed by atoms with E-state index in [9.17, 15) is 0 Å². The first-order valence-corrected chi connectivity index (χ1v) is 6.25. The number of hydrogen-bond acceptors (Lipinski definition) is 4. The van der Waals surface area contributed by atoms with Crippen molar-refractivity contribution in [3.63, 3.8) is 0 Å². The molecular formula is C11H18N2OS. The number of rotatable bonds is 5. The van der Waals surface area contributed by atoms with Crippen molar-refractivity contribution in [2.24, 2.45) is 5.92 Å². The molecule has 0 aliphatic carbocycles. The van der Waals surface area contributed by atoms with Crippen LogP contribution in [0.5, 0.6) is 5.75 Å². The van der Waals surface area contributed by atoms with Crippen molar-refractivity contribution in [2.75, 3.05) is 17.6 Å². The molecule has 1 aromatic rings. The molecule has 0 aliphatic heterocycles. The summed E-state index contributed by atoms with van der Waals surface area (Å²) in [5.74, 6) is 2.28. The summed E-state index contributed by atoms with van der Waals surface area (Å²) >= 11 is 1.53. The van der Waals surface area contributed by atoms with Gasteiger partial charge in [-0.3, -0.25) is 0 Å². The minimum absolute atomic E-state index is 0.536. The first-order chi connectivity index (χ1) is 7.13. The fraction of sp³-hybridized carbons (Fsp3) is 0.545. The van der Waals surface area contributed by atoms with Gasteiger partial charge in [-0.1, -0.05) is 25.8 Å². The van der Waals surface area contributed by atoms with Crippen LogP contribution in [0.25, 0.3) is 0 Å². The highest BCUT2D eigenvalue weighted by Gasteiger charge is 2.03. The molecule has 4 heteroatoms. The molecule has 1 heterocycles. The van der Waals surface area contributed by atoms with Gasteiger partial charge in [0.2, 0.25) is 0 Å². The molecule has 0 amide bonds. The second kappa shape index (κ2) is 5.85. The number of anilines is 1. The summed E-state index contributed by atoms with van der Waals surface area (Å²) in [6.45, 7) is 6.96. The quantitative estimate of drug-likeness (QED) is 0.782. The van der Waals surface area contributed by atoms with Gasteiger partial charge in [0.25, 0.3) is 0 Å². The van der Waals surface area contributed by atoms with Crippen molar-refractivity contribution >= 4 is 17.8 Å². The number of nitrogens with one attached hydrogen (secondary N) is 1. The van der Waals surface area contributed by atoms with Crippen LogP contribution in [0.4, 0.5) is 5.82 Å². The van der Waals surface area contributed by atoms with Crippen LogP contribution in [0.3, 0.4) is 0 Å². The summed E-state index contributed by atoms with van der Waals surface area (Å²) in [4.78, 5) is 4.38. The van der Waals surface area contributed by atoms with Gasteiger partial charge in [-0.05, 0) is 25.0 Å². The van der Waals surface area contributed by atoms with Gasteiger partial charge in [0.15, 0.2) is 0 Å². The Balaban J connectivity index is 2.66. The van der Waals surface area contributed by atoms with Gasteiger partial charge in [-0.25, -0.2) is 4.98 Å². The Morgan fingerprint density at radius 2 is 2.20 bits per heavy atom. The summed E-state index contributed by atoms with van der Waals surface area (Å²) in [5.41, 5.74) is 0.926. The van der Waals surface area contributed by atoms with Gasteiger partial charge in [0.05, 0.1) is 12.3 Å². The van der Waals surface area contributed by atoms with Crippen LogP contribution in [-0.4, -0.2) is 17.8 Å². The van der Waals surface area contributed by atoms with Crippen LogP contribution in [0.1, 0.15) is 19.5 Å². The van der Waals surface area contributed by atoms with E-state index in [1.807, 2.05) is 25.3 Å². The third-order valence-electron chi connectivity index (χ3n) is 1.82. The maximum atomic E-state index is 5.63. The van der Waals surface area contributed by atoms with E-state index in [0.717, 1.165) is 23.9 Å². The molecule has 0 saturated carbocycles. The Labute approximate surface area is 95.8 Å². The largest absolute Gasteiger partial charge is 0.491 e. The van der Waals surface area contributed by atoms with Crippen LogP contribution in [0, 0.1) is 12.8 Å². The summed E-state index contributed by atoms with van der Waals surface area (Å²) in [6.07, 6.45) is 1.97. The molecule has 3 nitrogen and oxygen atoms in total. The molecule has 0 radical (unpaired) electrons. The molecule has 0 bridgehead atoms. The van der Waals surface area contributed by atoms with Gasteiger partial charge in [0, 0.05) is 6.26 Å². The highest BCUT2D eigenvalue weighted by Crippen LogP contribution is 2.19. The first-order valence-electron chi connectivity index (χ1n) is 5.03. The minimum atomic E-state index is 0.536.